The van der Waals surface area contributed by atoms with E-state index < -0.39 is 12.1 Å². The summed E-state index contributed by atoms with van der Waals surface area (Å²) in [6.45, 7) is 4.79. The number of aliphatic hydroxyl groups is 2. The maximum absolute atomic E-state index is 12.4. The number of carbonyl (C=O) groups excluding carboxylic acids is 2. The van der Waals surface area contributed by atoms with E-state index in [0.717, 1.165) is 57.8 Å². The van der Waals surface area contributed by atoms with Crippen molar-refractivity contribution in [3.05, 3.63) is 24.3 Å². The molecule has 55 heavy (non-hydrogen) atoms. The van der Waals surface area contributed by atoms with E-state index in [2.05, 4.69) is 31.3 Å². The zero-order valence-corrected chi connectivity index (χ0v) is 36.7. The van der Waals surface area contributed by atoms with Crippen LogP contribution in [0.5, 0.6) is 0 Å². The number of hydrogen-bond donors (Lipinski definition) is 3. The molecule has 0 aliphatic carbocycles. The van der Waals surface area contributed by atoms with Gasteiger partial charge < -0.3 is 20.3 Å². The highest BCUT2D eigenvalue weighted by Gasteiger charge is 2.18. The van der Waals surface area contributed by atoms with Crippen molar-refractivity contribution in [3.8, 4) is 0 Å². The number of hydrogen-bond acceptors (Lipinski definition) is 5. The van der Waals surface area contributed by atoms with Gasteiger partial charge >= 0.3 is 5.97 Å². The molecule has 0 aromatic heterocycles. The summed E-state index contributed by atoms with van der Waals surface area (Å²) >= 11 is 0. The standard InChI is InChI=1S/C49H93NO5/c1-3-5-7-9-11-13-15-16-17-18-19-20-21-23-25-29-33-37-41-47(52)46(45-51)50-48(53)42-38-34-30-26-24-28-32-36-40-44-55-49(54)43-39-35-31-27-22-14-12-10-8-6-4-2/h10,12,37,41,46-47,51-52H,3-9,11,13-36,38-40,42-45H2,1-2H3,(H,50,53)/b12-10-,41-37+. The minimum Gasteiger partial charge on any atom is -0.466 e. The van der Waals surface area contributed by atoms with Crippen molar-refractivity contribution in [2.75, 3.05) is 13.2 Å². The molecule has 0 aliphatic heterocycles. The maximum Gasteiger partial charge on any atom is 0.305 e. The number of carbonyl (C=O) groups is 2. The molecule has 324 valence electrons. The first-order valence-electron chi connectivity index (χ1n) is 24.1. The van der Waals surface area contributed by atoms with Crippen molar-refractivity contribution in [2.24, 2.45) is 0 Å². The van der Waals surface area contributed by atoms with Crippen LogP contribution in [0.4, 0.5) is 0 Å². The van der Waals surface area contributed by atoms with Crippen LogP contribution in [-0.4, -0.2) is 47.4 Å². The largest absolute Gasteiger partial charge is 0.466 e. The van der Waals surface area contributed by atoms with E-state index in [0.29, 0.717) is 19.4 Å². The molecule has 0 bridgehead atoms. The van der Waals surface area contributed by atoms with Crippen LogP contribution in [-0.2, 0) is 14.3 Å². The highest BCUT2D eigenvalue weighted by molar-refractivity contribution is 5.76. The lowest BCUT2D eigenvalue weighted by Gasteiger charge is -2.20. The van der Waals surface area contributed by atoms with Crippen LogP contribution in [0.25, 0.3) is 0 Å². The third kappa shape index (κ3) is 41.8. The minimum atomic E-state index is -0.861. The zero-order chi connectivity index (χ0) is 40.1. The first kappa shape index (κ1) is 53.3. The van der Waals surface area contributed by atoms with Gasteiger partial charge in [-0.3, -0.25) is 9.59 Å². The number of ether oxygens (including phenoxy) is 1. The molecule has 0 aromatic carbocycles. The van der Waals surface area contributed by atoms with Crippen LogP contribution >= 0.6 is 0 Å². The Morgan fingerprint density at radius 3 is 1.35 bits per heavy atom. The average Bonchev–Trinajstić information content (AvgIpc) is 3.18. The Balaban J connectivity index is 3.56. The number of allylic oxidation sites excluding steroid dienone is 3. The van der Waals surface area contributed by atoms with Gasteiger partial charge in [0.2, 0.25) is 5.91 Å². The molecule has 1 amide bonds. The van der Waals surface area contributed by atoms with Crippen molar-refractivity contribution in [1.29, 1.82) is 0 Å². The van der Waals surface area contributed by atoms with Crippen LogP contribution in [0, 0.1) is 0 Å². The highest BCUT2D eigenvalue weighted by Crippen LogP contribution is 2.15. The summed E-state index contributed by atoms with van der Waals surface area (Å²) in [4.78, 5) is 24.4. The van der Waals surface area contributed by atoms with E-state index in [9.17, 15) is 19.8 Å². The van der Waals surface area contributed by atoms with E-state index in [1.54, 1.807) is 6.08 Å². The van der Waals surface area contributed by atoms with Gasteiger partial charge in [-0.1, -0.05) is 212 Å². The molecule has 6 heteroatoms. The van der Waals surface area contributed by atoms with E-state index >= 15 is 0 Å². The Kier molecular flexibility index (Phi) is 43.7. The normalized spacial score (nSPS) is 12.9. The lowest BCUT2D eigenvalue weighted by Crippen LogP contribution is -2.45. The second-order valence-electron chi connectivity index (χ2n) is 16.4. The molecular weight excluding hydrogens is 683 g/mol. The Hall–Kier alpha value is -1.66. The number of nitrogens with one attached hydrogen (secondary N) is 1. The van der Waals surface area contributed by atoms with Crippen molar-refractivity contribution in [1.82, 2.24) is 5.32 Å². The van der Waals surface area contributed by atoms with Crippen molar-refractivity contribution >= 4 is 11.9 Å². The lowest BCUT2D eigenvalue weighted by atomic mass is 10.0. The van der Waals surface area contributed by atoms with Crippen LogP contribution in [0.15, 0.2) is 24.3 Å². The quantitative estimate of drug-likeness (QED) is 0.0325. The molecule has 6 nitrogen and oxygen atoms in total. The molecule has 0 fully saturated rings. The second kappa shape index (κ2) is 45.0. The summed E-state index contributed by atoms with van der Waals surface area (Å²) in [7, 11) is 0. The van der Waals surface area contributed by atoms with Crippen LogP contribution in [0.1, 0.15) is 251 Å². The monoisotopic (exact) mass is 776 g/mol. The van der Waals surface area contributed by atoms with Crippen molar-refractivity contribution in [2.45, 2.75) is 264 Å². The predicted molar refractivity (Wildman–Crippen MR) is 236 cm³/mol. The van der Waals surface area contributed by atoms with Crippen LogP contribution in [0.3, 0.4) is 0 Å². The van der Waals surface area contributed by atoms with Gasteiger partial charge in [-0.2, -0.15) is 0 Å². The van der Waals surface area contributed by atoms with Gasteiger partial charge in [0.25, 0.3) is 0 Å². The molecule has 0 aliphatic rings. The number of rotatable bonds is 44. The molecule has 2 atom stereocenters. The third-order valence-corrected chi connectivity index (χ3v) is 11.0. The summed E-state index contributed by atoms with van der Waals surface area (Å²) in [6.07, 6.45) is 51.7. The highest BCUT2D eigenvalue weighted by atomic mass is 16.5. The number of esters is 1. The third-order valence-electron chi connectivity index (χ3n) is 11.0. The lowest BCUT2D eigenvalue weighted by molar-refractivity contribution is -0.143. The fourth-order valence-electron chi connectivity index (χ4n) is 7.20. The first-order valence-corrected chi connectivity index (χ1v) is 24.1. The Morgan fingerprint density at radius 2 is 0.873 bits per heavy atom. The van der Waals surface area contributed by atoms with Gasteiger partial charge in [0.1, 0.15) is 0 Å². The van der Waals surface area contributed by atoms with Crippen LogP contribution < -0.4 is 5.32 Å². The Bertz CT molecular complexity index is 858. The molecule has 0 spiro atoms. The van der Waals surface area contributed by atoms with Gasteiger partial charge in [-0.25, -0.2) is 0 Å². The SMILES string of the molecule is CCCC/C=C\CCCCCCCC(=O)OCCCCCCCCCCCC(=O)NC(CO)C(O)/C=C/CCCCCCCCCCCCCCCCCC. The van der Waals surface area contributed by atoms with Crippen molar-refractivity contribution in [3.63, 3.8) is 0 Å². The van der Waals surface area contributed by atoms with Gasteiger partial charge in [0.05, 0.1) is 25.4 Å². The second-order valence-corrected chi connectivity index (χ2v) is 16.4. The molecular formula is C49H93NO5. The zero-order valence-electron chi connectivity index (χ0n) is 36.7. The molecule has 0 aromatic rings. The molecule has 0 saturated carbocycles. The van der Waals surface area contributed by atoms with E-state index in [1.165, 1.54) is 167 Å². The van der Waals surface area contributed by atoms with E-state index in [-0.39, 0.29) is 18.5 Å². The topological polar surface area (TPSA) is 95.9 Å². The number of aliphatic hydroxyl groups excluding tert-OH is 2. The summed E-state index contributed by atoms with van der Waals surface area (Å²) < 4.78 is 5.42. The number of unbranched alkanes of at least 4 members (excludes halogenated alkanes) is 31. The molecule has 0 radical (unpaired) electrons. The molecule has 3 N–H and O–H groups in total. The van der Waals surface area contributed by atoms with Crippen molar-refractivity contribution < 1.29 is 24.5 Å². The van der Waals surface area contributed by atoms with Gasteiger partial charge in [0.15, 0.2) is 0 Å². The summed E-state index contributed by atoms with van der Waals surface area (Å²) in [5.74, 6) is -0.134. The van der Waals surface area contributed by atoms with Crippen LogP contribution in [0.2, 0.25) is 0 Å². The molecule has 0 heterocycles. The minimum absolute atomic E-state index is 0.0386. The predicted octanol–water partition coefficient (Wildman–Crippen LogP) is 14.0. The molecule has 0 saturated heterocycles. The fourth-order valence-corrected chi connectivity index (χ4v) is 7.20. The number of amides is 1. The summed E-state index contributed by atoms with van der Waals surface area (Å²) in [5, 5.41) is 23.0. The van der Waals surface area contributed by atoms with Gasteiger partial charge in [-0.05, 0) is 51.4 Å². The first-order chi connectivity index (χ1) is 27.0. The maximum atomic E-state index is 12.4. The summed E-state index contributed by atoms with van der Waals surface area (Å²) in [5.41, 5.74) is 0. The average molecular weight is 776 g/mol. The van der Waals surface area contributed by atoms with Gasteiger partial charge in [-0.15, -0.1) is 0 Å². The van der Waals surface area contributed by atoms with E-state index in [4.69, 9.17) is 4.74 Å². The van der Waals surface area contributed by atoms with E-state index in [1.807, 2.05) is 6.08 Å². The Labute approximate surface area is 341 Å². The Morgan fingerprint density at radius 1 is 0.491 bits per heavy atom. The molecule has 2 unspecified atom stereocenters. The smallest absolute Gasteiger partial charge is 0.305 e. The summed E-state index contributed by atoms with van der Waals surface area (Å²) in [6, 6.07) is -0.648. The fraction of sp³-hybridized carbons (Fsp3) is 0.878. The van der Waals surface area contributed by atoms with Gasteiger partial charge in [0, 0.05) is 12.8 Å². The molecule has 0 rings (SSSR count).